The maximum absolute atomic E-state index is 12.7. The van der Waals surface area contributed by atoms with Crippen LogP contribution in [0.5, 0.6) is 0 Å². The Kier molecular flexibility index (Phi) is 4.10. The number of anilines is 1. The van der Waals surface area contributed by atoms with Crippen LogP contribution in [0.1, 0.15) is 25.7 Å². The van der Waals surface area contributed by atoms with Gasteiger partial charge in [-0.2, -0.15) is 0 Å². The summed E-state index contributed by atoms with van der Waals surface area (Å²) in [6.07, 6.45) is 4.99. The van der Waals surface area contributed by atoms with Gasteiger partial charge in [0.25, 0.3) is 0 Å². The molecule has 1 amide bonds. The minimum Gasteiger partial charge on any atom is -0.481 e. The molecule has 2 atom stereocenters. The van der Waals surface area contributed by atoms with Crippen LogP contribution in [0.3, 0.4) is 0 Å². The van der Waals surface area contributed by atoms with Gasteiger partial charge in [0, 0.05) is 31.2 Å². The fourth-order valence-electron chi connectivity index (χ4n) is 3.20. The lowest BCUT2D eigenvalue weighted by molar-refractivity contribution is -0.146. The highest BCUT2D eigenvalue weighted by molar-refractivity contribution is 7.13. The largest absolute Gasteiger partial charge is 0.481 e. The number of piperidine rings is 1. The van der Waals surface area contributed by atoms with Gasteiger partial charge < -0.3 is 14.9 Å². The van der Waals surface area contributed by atoms with Crippen LogP contribution in [-0.2, 0) is 9.59 Å². The number of carboxylic acids is 1. The first-order chi connectivity index (χ1) is 10.2. The number of nitrogens with zero attached hydrogens (tertiary/aromatic N) is 3. The Hall–Kier alpha value is -1.63. The van der Waals surface area contributed by atoms with Gasteiger partial charge in [0.05, 0.1) is 5.92 Å². The van der Waals surface area contributed by atoms with Crippen LogP contribution >= 0.6 is 11.3 Å². The summed E-state index contributed by atoms with van der Waals surface area (Å²) in [5.41, 5.74) is 0. The van der Waals surface area contributed by atoms with E-state index >= 15 is 0 Å². The summed E-state index contributed by atoms with van der Waals surface area (Å²) in [4.78, 5) is 32.0. The third-order valence-electron chi connectivity index (χ3n) is 4.29. The highest BCUT2D eigenvalue weighted by atomic mass is 32.1. The van der Waals surface area contributed by atoms with E-state index in [2.05, 4.69) is 9.88 Å². The molecule has 0 spiro atoms. The predicted octanol–water partition coefficient (Wildman–Crippen LogP) is 1.44. The number of carbonyl (C=O) groups is 2. The van der Waals surface area contributed by atoms with Gasteiger partial charge in [-0.05, 0) is 25.7 Å². The van der Waals surface area contributed by atoms with Crippen molar-refractivity contribution in [2.45, 2.75) is 31.7 Å². The van der Waals surface area contributed by atoms with Crippen LogP contribution in [0.4, 0.5) is 5.13 Å². The Balaban J connectivity index is 1.70. The molecule has 2 unspecified atom stereocenters. The summed E-state index contributed by atoms with van der Waals surface area (Å²) in [6, 6.07) is -0.177. The molecular formula is C14H19N3O3S. The SMILES string of the molecule is O=C(O)C1CCCN(C(=O)C2CCCN2c2nccs2)C1. The second kappa shape index (κ2) is 6.01. The number of aliphatic carboxylic acids is 1. The second-order valence-corrected chi connectivity index (χ2v) is 6.50. The van der Waals surface area contributed by atoms with E-state index in [-0.39, 0.29) is 11.9 Å². The van der Waals surface area contributed by atoms with E-state index in [9.17, 15) is 9.59 Å². The van der Waals surface area contributed by atoms with E-state index in [1.54, 1.807) is 22.4 Å². The minimum absolute atomic E-state index is 0.0636. The van der Waals surface area contributed by atoms with Gasteiger partial charge in [-0.25, -0.2) is 4.98 Å². The molecule has 0 aromatic carbocycles. The van der Waals surface area contributed by atoms with E-state index < -0.39 is 11.9 Å². The normalized spacial score (nSPS) is 26.1. The van der Waals surface area contributed by atoms with Crippen molar-refractivity contribution in [3.05, 3.63) is 11.6 Å². The Morgan fingerprint density at radius 3 is 2.81 bits per heavy atom. The fourth-order valence-corrected chi connectivity index (χ4v) is 3.92. The van der Waals surface area contributed by atoms with Crippen LogP contribution in [0, 0.1) is 5.92 Å². The number of aromatic nitrogens is 1. The van der Waals surface area contributed by atoms with E-state index in [4.69, 9.17) is 5.11 Å². The van der Waals surface area contributed by atoms with Crippen molar-refractivity contribution in [1.29, 1.82) is 0 Å². The lowest BCUT2D eigenvalue weighted by Crippen LogP contribution is -2.50. The topological polar surface area (TPSA) is 73.7 Å². The van der Waals surface area contributed by atoms with Gasteiger partial charge in [-0.15, -0.1) is 11.3 Å². The lowest BCUT2D eigenvalue weighted by Gasteiger charge is -2.34. The number of amides is 1. The van der Waals surface area contributed by atoms with Gasteiger partial charge in [-0.3, -0.25) is 9.59 Å². The van der Waals surface area contributed by atoms with Crippen LogP contribution < -0.4 is 4.90 Å². The Morgan fingerprint density at radius 1 is 1.29 bits per heavy atom. The molecule has 3 heterocycles. The number of carbonyl (C=O) groups excluding carboxylic acids is 1. The van der Waals surface area contributed by atoms with Crippen molar-refractivity contribution in [1.82, 2.24) is 9.88 Å². The average molecular weight is 309 g/mol. The number of carboxylic acid groups (broad SMARTS) is 1. The third-order valence-corrected chi connectivity index (χ3v) is 5.09. The second-order valence-electron chi connectivity index (χ2n) is 5.63. The number of thiazole rings is 1. The van der Waals surface area contributed by atoms with E-state index in [0.29, 0.717) is 19.5 Å². The van der Waals surface area contributed by atoms with Gasteiger partial charge >= 0.3 is 5.97 Å². The molecule has 3 rings (SSSR count). The molecule has 2 aliphatic rings. The number of hydrogen-bond donors (Lipinski definition) is 1. The predicted molar refractivity (Wildman–Crippen MR) is 79.4 cm³/mol. The van der Waals surface area contributed by atoms with Crippen molar-refractivity contribution in [3.63, 3.8) is 0 Å². The molecule has 0 saturated carbocycles. The third kappa shape index (κ3) is 2.88. The fraction of sp³-hybridized carbons (Fsp3) is 0.643. The van der Waals surface area contributed by atoms with E-state index in [0.717, 1.165) is 30.9 Å². The van der Waals surface area contributed by atoms with Crippen molar-refractivity contribution in [2.24, 2.45) is 5.92 Å². The van der Waals surface area contributed by atoms with Gasteiger partial charge in [0.1, 0.15) is 6.04 Å². The van der Waals surface area contributed by atoms with E-state index in [1.165, 1.54) is 0 Å². The van der Waals surface area contributed by atoms with Gasteiger partial charge in [0.15, 0.2) is 5.13 Å². The van der Waals surface area contributed by atoms with Crippen LogP contribution in [0.2, 0.25) is 0 Å². The molecule has 1 N–H and O–H groups in total. The van der Waals surface area contributed by atoms with Crippen molar-refractivity contribution in [3.8, 4) is 0 Å². The summed E-state index contributed by atoms with van der Waals surface area (Å²) in [6.45, 7) is 1.86. The zero-order valence-corrected chi connectivity index (χ0v) is 12.6. The van der Waals surface area contributed by atoms with Crippen LogP contribution in [0.15, 0.2) is 11.6 Å². The Labute approximate surface area is 127 Å². The highest BCUT2D eigenvalue weighted by Crippen LogP contribution is 2.29. The quantitative estimate of drug-likeness (QED) is 0.914. The molecule has 2 aliphatic heterocycles. The summed E-state index contributed by atoms with van der Waals surface area (Å²) >= 11 is 1.54. The molecule has 0 bridgehead atoms. The zero-order valence-electron chi connectivity index (χ0n) is 11.8. The first-order valence-electron chi connectivity index (χ1n) is 7.34. The Morgan fingerprint density at radius 2 is 2.10 bits per heavy atom. The van der Waals surface area contributed by atoms with Crippen molar-refractivity contribution < 1.29 is 14.7 Å². The Bertz CT molecular complexity index is 520. The summed E-state index contributed by atoms with van der Waals surface area (Å²) < 4.78 is 0. The standard InChI is InChI=1S/C14H19N3O3S/c18-12(16-6-1-3-10(9-16)13(19)20)11-4-2-7-17(11)14-15-5-8-21-14/h5,8,10-11H,1-4,6-7,9H2,(H,19,20). The molecule has 114 valence electrons. The molecule has 7 heteroatoms. The molecule has 0 radical (unpaired) electrons. The van der Waals surface area contributed by atoms with Crippen molar-refractivity contribution >= 4 is 28.3 Å². The summed E-state index contributed by atoms with van der Waals surface area (Å²) in [5.74, 6) is -1.15. The first kappa shape index (κ1) is 14.3. The number of hydrogen-bond acceptors (Lipinski definition) is 5. The molecule has 1 aromatic heterocycles. The molecular weight excluding hydrogens is 290 g/mol. The van der Waals surface area contributed by atoms with E-state index in [1.807, 2.05) is 5.38 Å². The molecule has 2 fully saturated rings. The number of rotatable bonds is 3. The van der Waals surface area contributed by atoms with Crippen LogP contribution in [0.25, 0.3) is 0 Å². The first-order valence-corrected chi connectivity index (χ1v) is 8.22. The maximum Gasteiger partial charge on any atom is 0.308 e. The van der Waals surface area contributed by atoms with Crippen molar-refractivity contribution in [2.75, 3.05) is 24.5 Å². The molecule has 21 heavy (non-hydrogen) atoms. The minimum atomic E-state index is -0.796. The molecule has 6 nitrogen and oxygen atoms in total. The molecule has 2 saturated heterocycles. The maximum atomic E-state index is 12.7. The van der Waals surface area contributed by atoms with Gasteiger partial charge in [0.2, 0.25) is 5.91 Å². The lowest BCUT2D eigenvalue weighted by atomic mass is 9.97. The number of likely N-dealkylation sites (tertiary alicyclic amines) is 1. The zero-order chi connectivity index (χ0) is 14.8. The summed E-state index contributed by atoms with van der Waals surface area (Å²) in [5, 5.41) is 11.9. The summed E-state index contributed by atoms with van der Waals surface area (Å²) in [7, 11) is 0. The van der Waals surface area contributed by atoms with Gasteiger partial charge in [-0.1, -0.05) is 0 Å². The monoisotopic (exact) mass is 309 g/mol. The smallest absolute Gasteiger partial charge is 0.308 e. The van der Waals surface area contributed by atoms with Crippen LogP contribution in [-0.4, -0.2) is 52.5 Å². The molecule has 0 aliphatic carbocycles. The average Bonchev–Trinajstić information content (AvgIpc) is 3.17. The highest BCUT2D eigenvalue weighted by Gasteiger charge is 2.37. The molecule has 1 aromatic rings.